The Labute approximate surface area is 106 Å². The molecule has 0 aliphatic rings. The normalized spacial score (nSPS) is 12.6. The van der Waals surface area contributed by atoms with E-state index in [-0.39, 0.29) is 6.04 Å². The molecule has 96 valence electrons. The van der Waals surface area contributed by atoms with Crippen molar-refractivity contribution in [2.75, 3.05) is 0 Å². The van der Waals surface area contributed by atoms with Gasteiger partial charge in [0, 0.05) is 13.1 Å². The summed E-state index contributed by atoms with van der Waals surface area (Å²) in [5.74, 6) is 1.20. The summed E-state index contributed by atoms with van der Waals surface area (Å²) < 4.78 is 1.90. The Morgan fingerprint density at radius 2 is 2.06 bits per heavy atom. The number of phenols is 1. The third kappa shape index (κ3) is 2.87. The van der Waals surface area contributed by atoms with Crippen molar-refractivity contribution < 1.29 is 5.11 Å². The second-order valence-electron chi connectivity index (χ2n) is 4.29. The van der Waals surface area contributed by atoms with Gasteiger partial charge in [-0.2, -0.15) is 0 Å². The number of nitrogens with one attached hydrogen (secondary N) is 1. The van der Waals surface area contributed by atoms with E-state index in [2.05, 4.69) is 22.4 Å². The lowest BCUT2D eigenvalue weighted by atomic mass is 10.0. The molecule has 5 nitrogen and oxygen atoms in total. The highest BCUT2D eigenvalue weighted by molar-refractivity contribution is 5.27. The third-order valence-corrected chi connectivity index (χ3v) is 3.02. The zero-order valence-electron chi connectivity index (χ0n) is 10.7. The minimum Gasteiger partial charge on any atom is -0.508 e. The van der Waals surface area contributed by atoms with Gasteiger partial charge in [0.1, 0.15) is 17.9 Å². The number of aromatic hydroxyl groups is 1. The predicted molar refractivity (Wildman–Crippen MR) is 69.0 cm³/mol. The van der Waals surface area contributed by atoms with Crippen LogP contribution in [-0.2, 0) is 13.6 Å². The van der Waals surface area contributed by atoms with E-state index in [1.165, 1.54) is 0 Å². The summed E-state index contributed by atoms with van der Waals surface area (Å²) in [7, 11) is 1.93. The quantitative estimate of drug-likeness (QED) is 0.844. The average Bonchev–Trinajstić information content (AvgIpc) is 2.78. The van der Waals surface area contributed by atoms with Gasteiger partial charge < -0.3 is 15.0 Å². The van der Waals surface area contributed by atoms with Gasteiger partial charge >= 0.3 is 0 Å². The van der Waals surface area contributed by atoms with Gasteiger partial charge in [-0.25, -0.2) is 0 Å². The summed E-state index contributed by atoms with van der Waals surface area (Å²) in [6.07, 6.45) is 2.67. The summed E-state index contributed by atoms with van der Waals surface area (Å²) in [5.41, 5.74) is 1.16. The monoisotopic (exact) mass is 246 g/mol. The van der Waals surface area contributed by atoms with Gasteiger partial charge in [-0.15, -0.1) is 10.2 Å². The average molecular weight is 246 g/mol. The largest absolute Gasteiger partial charge is 0.508 e. The molecule has 1 aromatic heterocycles. The van der Waals surface area contributed by atoms with E-state index < -0.39 is 0 Å². The summed E-state index contributed by atoms with van der Waals surface area (Å²) >= 11 is 0. The van der Waals surface area contributed by atoms with Crippen molar-refractivity contribution in [3.8, 4) is 5.75 Å². The maximum absolute atomic E-state index is 9.29. The van der Waals surface area contributed by atoms with Crippen LogP contribution < -0.4 is 5.32 Å². The van der Waals surface area contributed by atoms with Crippen molar-refractivity contribution in [2.24, 2.45) is 7.05 Å². The molecular formula is C13H18N4O. The lowest BCUT2D eigenvalue weighted by molar-refractivity contribution is 0.472. The maximum atomic E-state index is 9.29. The highest BCUT2D eigenvalue weighted by Gasteiger charge is 2.10. The molecule has 0 aliphatic heterocycles. The molecule has 2 N–H and O–H groups in total. The van der Waals surface area contributed by atoms with E-state index in [0.717, 1.165) is 17.8 Å². The van der Waals surface area contributed by atoms with Crippen LogP contribution in [0.25, 0.3) is 0 Å². The highest BCUT2D eigenvalue weighted by Crippen LogP contribution is 2.19. The van der Waals surface area contributed by atoms with Crippen LogP contribution >= 0.6 is 0 Å². The number of hydrogen-bond acceptors (Lipinski definition) is 4. The molecule has 0 aliphatic carbocycles. The lowest BCUT2D eigenvalue weighted by Gasteiger charge is -2.17. The van der Waals surface area contributed by atoms with E-state index in [4.69, 9.17) is 0 Å². The molecule has 2 aromatic rings. The van der Waals surface area contributed by atoms with Crippen LogP contribution in [0, 0.1) is 0 Å². The first-order valence-electron chi connectivity index (χ1n) is 6.06. The zero-order valence-corrected chi connectivity index (χ0v) is 10.7. The van der Waals surface area contributed by atoms with E-state index in [0.29, 0.717) is 12.3 Å². The van der Waals surface area contributed by atoms with Gasteiger partial charge in [0.25, 0.3) is 0 Å². The molecule has 0 fully saturated rings. The molecule has 0 spiro atoms. The van der Waals surface area contributed by atoms with Crippen LogP contribution in [0.1, 0.15) is 30.8 Å². The number of aromatic nitrogens is 3. The Morgan fingerprint density at radius 1 is 1.33 bits per heavy atom. The number of rotatable bonds is 5. The van der Waals surface area contributed by atoms with Crippen LogP contribution in [0.4, 0.5) is 0 Å². The maximum Gasteiger partial charge on any atom is 0.146 e. The Kier molecular flexibility index (Phi) is 3.94. The van der Waals surface area contributed by atoms with Crippen LogP contribution in [0.2, 0.25) is 0 Å². The van der Waals surface area contributed by atoms with Gasteiger partial charge in [-0.3, -0.25) is 0 Å². The fraction of sp³-hybridized carbons (Fsp3) is 0.385. The molecule has 0 saturated heterocycles. The lowest BCUT2D eigenvalue weighted by Crippen LogP contribution is -2.22. The fourth-order valence-corrected chi connectivity index (χ4v) is 1.89. The first-order valence-corrected chi connectivity index (χ1v) is 6.06. The Morgan fingerprint density at radius 3 is 2.61 bits per heavy atom. The number of benzene rings is 1. The Bertz CT molecular complexity index is 492. The van der Waals surface area contributed by atoms with E-state index in [1.54, 1.807) is 18.5 Å². The smallest absolute Gasteiger partial charge is 0.146 e. The van der Waals surface area contributed by atoms with E-state index >= 15 is 0 Å². The van der Waals surface area contributed by atoms with Crippen molar-refractivity contribution in [1.29, 1.82) is 0 Å². The van der Waals surface area contributed by atoms with Crippen LogP contribution in [0.3, 0.4) is 0 Å². The molecule has 1 unspecified atom stereocenters. The zero-order chi connectivity index (χ0) is 13.0. The topological polar surface area (TPSA) is 63.0 Å². The summed E-state index contributed by atoms with van der Waals surface area (Å²) in [5, 5.41) is 20.6. The van der Waals surface area contributed by atoms with Gasteiger partial charge in [0.15, 0.2) is 0 Å². The first-order chi connectivity index (χ1) is 8.70. The molecule has 1 aromatic carbocycles. The summed E-state index contributed by atoms with van der Waals surface area (Å²) in [6.45, 7) is 2.80. The Balaban J connectivity index is 2.01. The first kappa shape index (κ1) is 12.6. The molecule has 1 heterocycles. The van der Waals surface area contributed by atoms with Gasteiger partial charge in [-0.1, -0.05) is 19.1 Å². The van der Waals surface area contributed by atoms with Gasteiger partial charge in [-0.05, 0) is 24.1 Å². The third-order valence-electron chi connectivity index (χ3n) is 3.02. The number of nitrogens with zero attached hydrogens (tertiary/aromatic N) is 3. The number of aryl methyl sites for hydroxylation is 1. The predicted octanol–water partition coefficient (Wildman–Crippen LogP) is 1.76. The second kappa shape index (κ2) is 5.64. The van der Waals surface area contributed by atoms with E-state index in [9.17, 15) is 5.11 Å². The minimum absolute atomic E-state index is 0.252. The molecular weight excluding hydrogens is 228 g/mol. The molecule has 0 amide bonds. The highest BCUT2D eigenvalue weighted by atomic mass is 16.3. The summed E-state index contributed by atoms with van der Waals surface area (Å²) in [4.78, 5) is 0. The molecule has 0 bridgehead atoms. The SMILES string of the molecule is CCC(NCc1nncn1C)c1ccc(O)cc1. The summed E-state index contributed by atoms with van der Waals surface area (Å²) in [6, 6.07) is 7.55. The van der Waals surface area contributed by atoms with Gasteiger partial charge in [0.2, 0.25) is 0 Å². The molecule has 1 atom stereocenters. The van der Waals surface area contributed by atoms with Crippen molar-refractivity contribution in [2.45, 2.75) is 25.9 Å². The molecule has 2 rings (SSSR count). The number of hydrogen-bond donors (Lipinski definition) is 2. The van der Waals surface area contributed by atoms with Crippen LogP contribution in [0.15, 0.2) is 30.6 Å². The molecule has 0 radical (unpaired) electrons. The van der Waals surface area contributed by atoms with Crippen molar-refractivity contribution in [1.82, 2.24) is 20.1 Å². The van der Waals surface area contributed by atoms with Crippen molar-refractivity contribution in [3.05, 3.63) is 42.0 Å². The Hall–Kier alpha value is -1.88. The fourth-order valence-electron chi connectivity index (χ4n) is 1.89. The van der Waals surface area contributed by atoms with Crippen molar-refractivity contribution >= 4 is 0 Å². The van der Waals surface area contributed by atoms with Gasteiger partial charge in [0.05, 0.1) is 6.54 Å². The molecule has 5 heteroatoms. The van der Waals surface area contributed by atoms with E-state index in [1.807, 2.05) is 23.7 Å². The van der Waals surface area contributed by atoms with Crippen LogP contribution in [0.5, 0.6) is 5.75 Å². The van der Waals surface area contributed by atoms with Crippen LogP contribution in [-0.4, -0.2) is 19.9 Å². The minimum atomic E-state index is 0.252. The molecule has 0 saturated carbocycles. The number of phenolic OH excluding ortho intramolecular Hbond substituents is 1. The molecule has 18 heavy (non-hydrogen) atoms. The second-order valence-corrected chi connectivity index (χ2v) is 4.29. The van der Waals surface area contributed by atoms with Crippen molar-refractivity contribution in [3.63, 3.8) is 0 Å². The standard InChI is InChI=1S/C13H18N4O/c1-3-12(10-4-6-11(18)7-5-10)14-8-13-16-15-9-17(13)2/h4-7,9,12,14,18H,3,8H2,1-2H3.